The first-order chi connectivity index (χ1) is 19.9. The van der Waals surface area contributed by atoms with E-state index in [-0.39, 0.29) is 23.8 Å². The van der Waals surface area contributed by atoms with Crippen LogP contribution in [0.4, 0.5) is 8.78 Å². The van der Waals surface area contributed by atoms with Crippen molar-refractivity contribution in [2.24, 2.45) is 0 Å². The van der Waals surface area contributed by atoms with Crippen LogP contribution in [0.2, 0.25) is 0 Å². The molecule has 3 atom stereocenters. The van der Waals surface area contributed by atoms with Crippen molar-refractivity contribution >= 4 is 35.1 Å². The summed E-state index contributed by atoms with van der Waals surface area (Å²) >= 11 is 5.91. The van der Waals surface area contributed by atoms with Crippen molar-refractivity contribution in [1.82, 2.24) is 0 Å². The molecular weight excluding hydrogens is 586 g/mol. The van der Waals surface area contributed by atoms with Gasteiger partial charge in [0.05, 0.1) is 0 Å². The van der Waals surface area contributed by atoms with Gasteiger partial charge in [0.25, 0.3) is 0 Å². The molecule has 2 aliphatic rings. The minimum atomic E-state index is -1.41. The Bertz CT molecular complexity index is 1360. The number of halogens is 3. The predicted octanol–water partition coefficient (Wildman–Crippen LogP) is 5.86. The third-order valence-electron chi connectivity index (χ3n) is 6.21. The van der Waals surface area contributed by atoms with Gasteiger partial charge in [-0.15, -0.1) is 11.6 Å². The van der Waals surface area contributed by atoms with Crippen LogP contribution < -0.4 is 9.47 Å². The van der Waals surface area contributed by atoms with Crippen LogP contribution in [0.3, 0.4) is 0 Å². The van der Waals surface area contributed by atoms with E-state index in [4.69, 9.17) is 30.5 Å². The molecule has 43 heavy (non-hydrogen) atoms. The highest BCUT2D eigenvalue weighted by atomic mass is 35.5. The Morgan fingerprint density at radius 2 is 1.28 bits per heavy atom. The second-order valence-electron chi connectivity index (χ2n) is 12.3. The van der Waals surface area contributed by atoms with Gasteiger partial charge in [0, 0.05) is 0 Å². The second-order valence-corrected chi connectivity index (χ2v) is 12.8. The number of benzene rings is 2. The molecule has 8 nitrogen and oxygen atoms in total. The highest BCUT2D eigenvalue weighted by molar-refractivity contribution is 6.41. The van der Waals surface area contributed by atoms with E-state index in [1.807, 2.05) is 0 Å². The number of aryl methyl sites for hydroxylation is 2. The fraction of sp³-hybridized carbons (Fsp3) is 0.500. The molecule has 11 heteroatoms. The Labute approximate surface area is 255 Å². The Morgan fingerprint density at radius 1 is 0.814 bits per heavy atom. The number of hydrogen-bond donors (Lipinski definition) is 0. The van der Waals surface area contributed by atoms with Crippen LogP contribution in [0.25, 0.3) is 0 Å². The van der Waals surface area contributed by atoms with Gasteiger partial charge in [0.1, 0.15) is 40.8 Å². The molecule has 0 aliphatic carbocycles. The highest BCUT2D eigenvalue weighted by Crippen LogP contribution is 2.30. The molecular formula is C32H37ClF2O8. The summed E-state index contributed by atoms with van der Waals surface area (Å²) in [5.41, 5.74) is 0.112. The minimum absolute atomic E-state index is 0.306. The Balaban J connectivity index is 0.000000236. The molecule has 0 saturated heterocycles. The SMILES string of the molecule is CC(C)(C)OC(=O)C(Cl)C(=O)C1CCc2cc(F)ccc2O1.CC(C)(C)OC(=O)CC(=O)C1CCc2cc(F)ccc2O1. The van der Waals surface area contributed by atoms with Gasteiger partial charge in [-0.3, -0.25) is 14.4 Å². The number of esters is 2. The number of rotatable bonds is 6. The standard InChI is InChI=1S/C16H18ClFO4.C16H19FO4/c1-16(2,3)22-15(20)13(17)14(19)12-6-4-9-8-10(18)5-7-11(9)21-12;1-16(2,3)21-15(19)9-12(18)14-6-4-10-8-11(17)5-7-13(10)20-14/h5,7-8,12-13H,4,6H2,1-3H3;5,7-8,14H,4,6,9H2,1-3H3. The second kappa shape index (κ2) is 13.8. The zero-order chi connectivity index (χ0) is 32.1. The topological polar surface area (TPSA) is 105 Å². The zero-order valence-corrected chi connectivity index (χ0v) is 25.9. The normalized spacial score (nSPS) is 18.3. The van der Waals surface area contributed by atoms with Crippen LogP contribution in [0.15, 0.2) is 36.4 Å². The number of alkyl halides is 1. The lowest BCUT2D eigenvalue weighted by molar-refractivity contribution is -0.158. The smallest absolute Gasteiger partial charge is 0.332 e. The van der Waals surface area contributed by atoms with Crippen LogP contribution in [-0.2, 0) is 41.5 Å². The maximum absolute atomic E-state index is 13.1. The van der Waals surface area contributed by atoms with E-state index in [9.17, 15) is 28.0 Å². The third-order valence-corrected chi connectivity index (χ3v) is 6.61. The number of carbonyl (C=O) groups excluding carboxylic acids is 4. The summed E-state index contributed by atoms with van der Waals surface area (Å²) in [4.78, 5) is 47.8. The number of carbonyl (C=O) groups is 4. The molecule has 0 spiro atoms. The average molecular weight is 623 g/mol. The largest absolute Gasteiger partial charge is 0.482 e. The number of fused-ring (bicyclic) bond motifs is 2. The zero-order valence-electron chi connectivity index (χ0n) is 25.1. The number of ether oxygens (including phenoxy) is 4. The summed E-state index contributed by atoms with van der Waals surface area (Å²) in [5, 5.41) is -1.41. The monoisotopic (exact) mass is 622 g/mol. The lowest BCUT2D eigenvalue weighted by Gasteiger charge is -2.27. The van der Waals surface area contributed by atoms with E-state index in [2.05, 4.69) is 0 Å². The van der Waals surface area contributed by atoms with Gasteiger partial charge in [-0.2, -0.15) is 0 Å². The van der Waals surface area contributed by atoms with Crippen molar-refractivity contribution in [1.29, 1.82) is 0 Å². The van der Waals surface area contributed by atoms with Crippen molar-refractivity contribution in [3.8, 4) is 11.5 Å². The maximum atomic E-state index is 13.1. The van der Waals surface area contributed by atoms with E-state index in [1.54, 1.807) is 41.5 Å². The van der Waals surface area contributed by atoms with E-state index < -0.39 is 46.5 Å². The lowest BCUT2D eigenvalue weighted by Crippen LogP contribution is -2.42. The summed E-state index contributed by atoms with van der Waals surface area (Å²) in [5.74, 6) is -1.91. The molecule has 0 amide bonds. The van der Waals surface area contributed by atoms with Crippen LogP contribution in [0.1, 0.15) is 71.9 Å². The van der Waals surface area contributed by atoms with Crippen LogP contribution in [0.5, 0.6) is 11.5 Å². The predicted molar refractivity (Wildman–Crippen MR) is 154 cm³/mol. The van der Waals surface area contributed by atoms with Crippen molar-refractivity contribution in [2.45, 2.75) is 102 Å². The fourth-order valence-electron chi connectivity index (χ4n) is 4.41. The van der Waals surface area contributed by atoms with E-state index in [0.29, 0.717) is 42.7 Å². The van der Waals surface area contributed by atoms with Crippen LogP contribution in [-0.4, -0.2) is 52.3 Å². The average Bonchev–Trinajstić information content (AvgIpc) is 2.89. The van der Waals surface area contributed by atoms with Gasteiger partial charge in [-0.05, 0) is 115 Å². The van der Waals surface area contributed by atoms with E-state index >= 15 is 0 Å². The van der Waals surface area contributed by atoms with E-state index in [0.717, 1.165) is 5.56 Å². The Hall–Kier alpha value is -3.53. The van der Waals surface area contributed by atoms with Crippen LogP contribution in [0, 0.1) is 11.6 Å². The number of Topliss-reactive ketones (excluding diaryl/α,β-unsaturated/α-hetero) is 2. The van der Waals surface area contributed by atoms with Crippen LogP contribution >= 0.6 is 11.6 Å². The lowest BCUT2D eigenvalue weighted by atomic mass is 9.98. The molecule has 4 rings (SSSR count). The van der Waals surface area contributed by atoms with Gasteiger partial charge in [0.15, 0.2) is 23.4 Å². The molecule has 2 aliphatic heterocycles. The summed E-state index contributed by atoms with van der Waals surface area (Å²) in [6, 6.07) is 8.32. The number of hydrogen-bond acceptors (Lipinski definition) is 8. The first-order valence-electron chi connectivity index (χ1n) is 14.0. The molecule has 3 unspecified atom stereocenters. The Kier molecular flexibility index (Phi) is 10.9. The molecule has 0 N–H and O–H groups in total. The third kappa shape index (κ3) is 10.3. The maximum Gasteiger partial charge on any atom is 0.332 e. The summed E-state index contributed by atoms with van der Waals surface area (Å²) in [6.07, 6.45) is 0.0281. The molecule has 2 aromatic carbocycles. The summed E-state index contributed by atoms with van der Waals surface area (Å²) < 4.78 is 47.5. The quantitative estimate of drug-likeness (QED) is 0.224. The van der Waals surface area contributed by atoms with Gasteiger partial charge < -0.3 is 18.9 Å². The minimum Gasteiger partial charge on any atom is -0.482 e. The molecule has 0 saturated carbocycles. The van der Waals surface area contributed by atoms with Crippen molar-refractivity contribution < 1.29 is 46.9 Å². The first-order valence-corrected chi connectivity index (χ1v) is 14.4. The van der Waals surface area contributed by atoms with Gasteiger partial charge in [-0.1, -0.05) is 0 Å². The summed E-state index contributed by atoms with van der Waals surface area (Å²) in [6.45, 7) is 10.3. The fourth-order valence-corrected chi connectivity index (χ4v) is 4.59. The molecule has 2 heterocycles. The molecule has 0 fully saturated rings. The van der Waals surface area contributed by atoms with Gasteiger partial charge >= 0.3 is 11.9 Å². The molecule has 2 aromatic rings. The highest BCUT2D eigenvalue weighted by Gasteiger charge is 2.37. The van der Waals surface area contributed by atoms with Gasteiger partial charge in [-0.25, -0.2) is 13.6 Å². The summed E-state index contributed by atoms with van der Waals surface area (Å²) in [7, 11) is 0. The van der Waals surface area contributed by atoms with Crippen molar-refractivity contribution in [2.75, 3.05) is 0 Å². The van der Waals surface area contributed by atoms with Crippen molar-refractivity contribution in [3.63, 3.8) is 0 Å². The molecule has 0 radical (unpaired) electrons. The van der Waals surface area contributed by atoms with E-state index in [1.165, 1.54) is 36.4 Å². The molecule has 0 bridgehead atoms. The van der Waals surface area contributed by atoms with Gasteiger partial charge in [0.2, 0.25) is 5.78 Å². The molecule has 0 aromatic heterocycles. The molecule has 234 valence electrons. The first kappa shape index (κ1) is 34.0. The Morgan fingerprint density at radius 3 is 1.77 bits per heavy atom. The van der Waals surface area contributed by atoms with Crippen molar-refractivity contribution in [3.05, 3.63) is 59.2 Å². The number of ketones is 2.